The number of hydrogen-bond acceptors (Lipinski definition) is 8. The molecule has 5 rings (SSSR count). The maximum absolute atomic E-state index is 15.4. The lowest BCUT2D eigenvalue weighted by Crippen LogP contribution is -2.26. The van der Waals surface area contributed by atoms with Crippen molar-refractivity contribution in [2.45, 2.75) is 6.92 Å². The Bertz CT molecular complexity index is 1930. The van der Waals surface area contributed by atoms with Crippen LogP contribution < -0.4 is 29.7 Å². The molecule has 3 aromatic heterocycles. The highest BCUT2D eigenvalue weighted by Gasteiger charge is 2.22. The van der Waals surface area contributed by atoms with Crippen LogP contribution in [0.1, 0.15) is 16.1 Å². The van der Waals surface area contributed by atoms with Crippen LogP contribution in [0.4, 0.5) is 14.5 Å². The zero-order chi connectivity index (χ0) is 30.8. The third-order valence-corrected chi connectivity index (χ3v) is 6.81. The Hall–Kier alpha value is -5.52. The molecule has 3 heterocycles. The molecule has 10 nitrogen and oxygen atoms in total. The van der Waals surface area contributed by atoms with Crippen molar-refractivity contribution in [3.8, 4) is 40.0 Å². The Morgan fingerprint density at radius 2 is 1.63 bits per heavy atom. The Morgan fingerprint density at radius 3 is 2.30 bits per heavy atom. The third-order valence-electron chi connectivity index (χ3n) is 6.81. The van der Waals surface area contributed by atoms with Gasteiger partial charge in [-0.05, 0) is 24.6 Å². The fourth-order valence-corrected chi connectivity index (χ4v) is 4.51. The first-order chi connectivity index (χ1) is 20.6. The maximum Gasteiger partial charge on any atom is 0.261 e. The molecule has 0 atom stereocenters. The topological polar surface area (TPSA) is 114 Å². The number of ether oxygens (including phenoxy) is 4. The molecule has 0 saturated heterocycles. The van der Waals surface area contributed by atoms with E-state index in [4.69, 9.17) is 18.9 Å². The van der Waals surface area contributed by atoms with Crippen molar-refractivity contribution in [1.82, 2.24) is 14.5 Å². The monoisotopic (exact) mass is 588 g/mol. The van der Waals surface area contributed by atoms with Crippen molar-refractivity contribution in [3.05, 3.63) is 94.0 Å². The predicted molar refractivity (Wildman–Crippen MR) is 155 cm³/mol. The maximum atomic E-state index is 15.4. The molecule has 2 aromatic carbocycles. The fourth-order valence-electron chi connectivity index (χ4n) is 4.51. The number of carbonyl (C=O) groups is 1. The summed E-state index contributed by atoms with van der Waals surface area (Å²) in [7, 11) is 5.93. The van der Waals surface area contributed by atoms with Crippen molar-refractivity contribution in [2.24, 2.45) is 7.05 Å². The summed E-state index contributed by atoms with van der Waals surface area (Å²) < 4.78 is 52.4. The summed E-state index contributed by atoms with van der Waals surface area (Å²) in [5.41, 5.74) is 0.939. The summed E-state index contributed by atoms with van der Waals surface area (Å²) in [4.78, 5) is 35.3. The first-order valence-corrected chi connectivity index (χ1v) is 12.9. The van der Waals surface area contributed by atoms with Gasteiger partial charge in [0.15, 0.2) is 28.8 Å². The number of benzene rings is 2. The molecule has 43 heavy (non-hydrogen) atoms. The zero-order valence-corrected chi connectivity index (χ0v) is 23.8. The number of anilines is 1. The first-order valence-electron chi connectivity index (χ1n) is 12.9. The second kappa shape index (κ2) is 11.8. The van der Waals surface area contributed by atoms with Crippen LogP contribution in [0.3, 0.4) is 0 Å². The molecule has 0 saturated carbocycles. The molecule has 1 N–H and O–H groups in total. The molecule has 0 bridgehead atoms. The lowest BCUT2D eigenvalue weighted by atomic mass is 10.0. The zero-order valence-electron chi connectivity index (χ0n) is 23.8. The Balaban J connectivity index is 1.48. The van der Waals surface area contributed by atoms with Gasteiger partial charge in [0.2, 0.25) is 5.43 Å². The lowest BCUT2D eigenvalue weighted by molar-refractivity contribution is 0.102. The Morgan fingerprint density at radius 1 is 0.907 bits per heavy atom. The number of nitrogens with one attached hydrogen (secondary N) is 1. The second-order valence-corrected chi connectivity index (χ2v) is 9.37. The SMILES string of the molecule is COc1cc(NC(=O)c2cn(C)c(C)c(-c3ccc(F)cc3)c2=O)c(F)cc1Oc1ccnc2cc(OC)c(OC)nc12. The highest BCUT2D eigenvalue weighted by atomic mass is 19.1. The van der Waals surface area contributed by atoms with E-state index in [0.717, 1.165) is 6.07 Å². The molecular formula is C31H26F2N4O6. The van der Waals surface area contributed by atoms with Gasteiger partial charge in [0, 0.05) is 55.0 Å². The van der Waals surface area contributed by atoms with Gasteiger partial charge in [-0.2, -0.15) is 0 Å². The second-order valence-electron chi connectivity index (χ2n) is 9.37. The summed E-state index contributed by atoms with van der Waals surface area (Å²) in [5, 5.41) is 2.45. The van der Waals surface area contributed by atoms with Gasteiger partial charge in [0.1, 0.15) is 16.9 Å². The van der Waals surface area contributed by atoms with Crippen LogP contribution in [0.5, 0.6) is 28.9 Å². The number of carbonyl (C=O) groups excluding carboxylic acids is 1. The van der Waals surface area contributed by atoms with Crippen molar-refractivity contribution in [3.63, 3.8) is 0 Å². The number of nitrogens with zero attached hydrogens (tertiary/aromatic N) is 3. The minimum atomic E-state index is -0.850. The van der Waals surface area contributed by atoms with Gasteiger partial charge >= 0.3 is 0 Å². The van der Waals surface area contributed by atoms with Crippen molar-refractivity contribution in [1.29, 1.82) is 0 Å². The number of halogens is 2. The van der Waals surface area contributed by atoms with E-state index in [9.17, 15) is 14.0 Å². The summed E-state index contributed by atoms with van der Waals surface area (Å²) in [6, 6.07) is 10.8. The number of aryl methyl sites for hydroxylation is 1. The van der Waals surface area contributed by atoms with E-state index < -0.39 is 23.0 Å². The molecule has 5 aromatic rings. The van der Waals surface area contributed by atoms with Crippen molar-refractivity contribution >= 4 is 22.6 Å². The average Bonchev–Trinajstić information content (AvgIpc) is 3.00. The van der Waals surface area contributed by atoms with Gasteiger partial charge < -0.3 is 28.8 Å². The molecule has 0 unspecified atom stereocenters. The Kier molecular flexibility index (Phi) is 7.93. The molecule has 0 aliphatic heterocycles. The number of methoxy groups -OCH3 is 3. The number of amides is 1. The number of rotatable bonds is 8. The Labute approximate surface area is 244 Å². The van der Waals surface area contributed by atoms with Crippen LogP contribution >= 0.6 is 0 Å². The largest absolute Gasteiger partial charge is 0.493 e. The standard InChI is InChI=1S/C31H26F2N4O6/c1-16-27(17-6-8-18(32)9-7-17)29(38)19(15-37(16)2)30(39)35-21-13-24(40-3)25(12-20(21)33)43-23-10-11-34-22-14-26(41-4)31(42-5)36-28(22)23/h6-15H,1-5H3,(H,35,39). The molecule has 0 aliphatic rings. The van der Waals surface area contributed by atoms with E-state index >= 15 is 4.39 Å². The van der Waals surface area contributed by atoms with E-state index in [-0.39, 0.29) is 39.9 Å². The molecule has 0 radical (unpaired) electrons. The van der Waals surface area contributed by atoms with Gasteiger partial charge in [-0.3, -0.25) is 14.6 Å². The van der Waals surface area contributed by atoms with Gasteiger partial charge in [-0.15, -0.1) is 0 Å². The molecular weight excluding hydrogens is 562 g/mol. The summed E-state index contributed by atoms with van der Waals surface area (Å²) >= 11 is 0. The number of pyridine rings is 3. The lowest BCUT2D eigenvalue weighted by Gasteiger charge is -2.16. The number of fused-ring (bicyclic) bond motifs is 1. The normalized spacial score (nSPS) is 10.9. The molecule has 0 spiro atoms. The fraction of sp³-hybridized carbons (Fsp3) is 0.161. The van der Waals surface area contributed by atoms with Crippen LogP contribution in [0, 0.1) is 18.6 Å². The van der Waals surface area contributed by atoms with Crippen LogP contribution in [-0.2, 0) is 7.05 Å². The van der Waals surface area contributed by atoms with E-state index in [0.29, 0.717) is 28.0 Å². The van der Waals surface area contributed by atoms with Gasteiger partial charge in [0.05, 0.1) is 32.5 Å². The van der Waals surface area contributed by atoms with E-state index in [1.54, 1.807) is 30.7 Å². The molecule has 0 aliphatic carbocycles. The molecule has 220 valence electrons. The summed E-state index contributed by atoms with van der Waals surface area (Å²) in [5.74, 6) is -1.26. The van der Waals surface area contributed by atoms with Crippen LogP contribution in [0.25, 0.3) is 22.2 Å². The average molecular weight is 589 g/mol. The van der Waals surface area contributed by atoms with Gasteiger partial charge in [-0.1, -0.05) is 12.1 Å². The van der Waals surface area contributed by atoms with E-state index in [1.165, 1.54) is 64.1 Å². The smallest absolute Gasteiger partial charge is 0.261 e. The quantitative estimate of drug-likeness (QED) is 0.247. The van der Waals surface area contributed by atoms with Crippen molar-refractivity contribution in [2.75, 3.05) is 26.6 Å². The highest BCUT2D eigenvalue weighted by molar-refractivity contribution is 6.05. The first kappa shape index (κ1) is 29.0. The minimum Gasteiger partial charge on any atom is -0.493 e. The van der Waals surface area contributed by atoms with Crippen LogP contribution in [0.15, 0.2) is 65.7 Å². The van der Waals surface area contributed by atoms with E-state index in [2.05, 4.69) is 15.3 Å². The third kappa shape index (κ3) is 5.54. The summed E-state index contributed by atoms with van der Waals surface area (Å²) in [6.45, 7) is 1.71. The van der Waals surface area contributed by atoms with E-state index in [1.807, 2.05) is 0 Å². The van der Waals surface area contributed by atoms with Gasteiger partial charge in [0.25, 0.3) is 11.8 Å². The molecule has 1 amide bonds. The van der Waals surface area contributed by atoms with Crippen LogP contribution in [-0.4, -0.2) is 41.8 Å². The highest BCUT2D eigenvalue weighted by Crippen LogP contribution is 2.39. The minimum absolute atomic E-state index is 0.00747. The van der Waals surface area contributed by atoms with Crippen LogP contribution in [0.2, 0.25) is 0 Å². The summed E-state index contributed by atoms with van der Waals surface area (Å²) in [6.07, 6.45) is 2.85. The van der Waals surface area contributed by atoms with Crippen molar-refractivity contribution < 1.29 is 32.5 Å². The number of hydrogen-bond donors (Lipinski definition) is 1. The molecule has 0 fully saturated rings. The number of aromatic nitrogens is 3. The predicted octanol–water partition coefficient (Wildman–Crippen LogP) is 5.65. The van der Waals surface area contributed by atoms with Gasteiger partial charge in [-0.25, -0.2) is 13.8 Å². The molecule has 12 heteroatoms.